The summed E-state index contributed by atoms with van der Waals surface area (Å²) in [7, 11) is 0. The Labute approximate surface area is 107 Å². The minimum atomic E-state index is -0.445. The lowest BCUT2D eigenvalue weighted by Crippen LogP contribution is -1.95. The van der Waals surface area contributed by atoms with Gasteiger partial charge in [-0.25, -0.2) is 4.39 Å². The van der Waals surface area contributed by atoms with Gasteiger partial charge in [-0.05, 0) is 24.3 Å². The number of nitrogen functional groups attached to an aromatic ring is 1. The maximum Gasteiger partial charge on any atom is 0.172 e. The molecular formula is C12H8ClFN4. The topological polar surface area (TPSA) is 56.2 Å². The largest absolute Gasteiger partial charge is 0.398 e. The molecule has 0 aliphatic rings. The number of rotatable bonds is 1. The number of anilines is 1. The van der Waals surface area contributed by atoms with Crippen molar-refractivity contribution in [3.05, 3.63) is 47.4 Å². The summed E-state index contributed by atoms with van der Waals surface area (Å²) in [4.78, 5) is 0. The fourth-order valence-electron chi connectivity index (χ4n) is 1.79. The van der Waals surface area contributed by atoms with Gasteiger partial charge in [-0.1, -0.05) is 17.7 Å². The minimum absolute atomic E-state index is 0.220. The van der Waals surface area contributed by atoms with Crippen molar-refractivity contribution in [2.75, 3.05) is 5.73 Å². The molecule has 2 aromatic heterocycles. The molecule has 3 aromatic rings. The number of halogens is 2. The summed E-state index contributed by atoms with van der Waals surface area (Å²) in [5.41, 5.74) is 7.04. The van der Waals surface area contributed by atoms with E-state index in [1.165, 1.54) is 6.07 Å². The lowest BCUT2D eigenvalue weighted by atomic mass is 10.2. The second-order valence-corrected chi connectivity index (χ2v) is 4.22. The Bertz CT molecular complexity index is 718. The average Bonchev–Trinajstić information content (AvgIpc) is 2.72. The maximum atomic E-state index is 13.8. The van der Waals surface area contributed by atoms with Crippen molar-refractivity contribution in [3.8, 4) is 11.4 Å². The highest BCUT2D eigenvalue weighted by molar-refractivity contribution is 6.33. The molecule has 0 unspecified atom stereocenters. The van der Waals surface area contributed by atoms with Gasteiger partial charge in [-0.2, -0.15) is 0 Å². The number of nitrogens with two attached hydrogens (primary N) is 1. The lowest BCUT2D eigenvalue weighted by Gasteiger charge is -2.04. The van der Waals surface area contributed by atoms with Crippen molar-refractivity contribution in [2.24, 2.45) is 0 Å². The highest BCUT2D eigenvalue weighted by Crippen LogP contribution is 2.29. The molecule has 0 saturated carbocycles. The first-order valence-electron chi connectivity index (χ1n) is 5.21. The summed E-state index contributed by atoms with van der Waals surface area (Å²) in [6.07, 6.45) is 1.63. The molecule has 4 nitrogen and oxygen atoms in total. The zero-order valence-electron chi connectivity index (χ0n) is 9.14. The van der Waals surface area contributed by atoms with Crippen molar-refractivity contribution < 1.29 is 4.39 Å². The molecule has 18 heavy (non-hydrogen) atoms. The molecule has 0 bridgehead atoms. The third-order valence-electron chi connectivity index (χ3n) is 2.61. The highest BCUT2D eigenvalue weighted by atomic mass is 35.5. The van der Waals surface area contributed by atoms with Gasteiger partial charge in [0.1, 0.15) is 5.82 Å². The predicted octanol–water partition coefficient (Wildman–Crippen LogP) is 2.77. The van der Waals surface area contributed by atoms with Crippen LogP contribution in [-0.4, -0.2) is 14.6 Å². The van der Waals surface area contributed by atoms with Gasteiger partial charge in [0.2, 0.25) is 0 Å². The van der Waals surface area contributed by atoms with Gasteiger partial charge in [-0.15, -0.1) is 10.2 Å². The second-order valence-electron chi connectivity index (χ2n) is 3.81. The molecule has 90 valence electrons. The Morgan fingerprint density at radius 2 is 2.00 bits per heavy atom. The smallest absolute Gasteiger partial charge is 0.172 e. The van der Waals surface area contributed by atoms with Gasteiger partial charge in [-0.3, -0.25) is 4.40 Å². The first-order valence-corrected chi connectivity index (χ1v) is 5.59. The molecule has 3 rings (SSSR count). The fourth-order valence-corrected chi connectivity index (χ4v) is 2.04. The molecule has 0 aliphatic carbocycles. The standard InChI is InChI=1S/C12H8ClFN4/c13-8-2-1-3-9(14)11(8)12-17-16-10-5-4-7(15)6-18(10)12/h1-6H,15H2. The van der Waals surface area contributed by atoms with E-state index in [4.69, 9.17) is 17.3 Å². The van der Waals surface area contributed by atoms with Gasteiger partial charge in [0.05, 0.1) is 10.6 Å². The van der Waals surface area contributed by atoms with Crippen LogP contribution < -0.4 is 5.73 Å². The summed E-state index contributed by atoms with van der Waals surface area (Å²) in [5.74, 6) is -0.111. The molecule has 0 spiro atoms. The van der Waals surface area contributed by atoms with Crippen LogP contribution in [0.1, 0.15) is 0 Å². The SMILES string of the molecule is Nc1ccc2nnc(-c3c(F)cccc3Cl)n2c1. The Balaban J connectivity index is 2.35. The number of fused-ring (bicyclic) bond motifs is 1. The summed E-state index contributed by atoms with van der Waals surface area (Å²) in [6.45, 7) is 0. The van der Waals surface area contributed by atoms with E-state index in [2.05, 4.69) is 10.2 Å². The van der Waals surface area contributed by atoms with Crippen LogP contribution >= 0.6 is 11.6 Å². The fraction of sp³-hybridized carbons (Fsp3) is 0. The molecule has 0 amide bonds. The summed E-state index contributed by atoms with van der Waals surface area (Å²) >= 11 is 6.01. The molecule has 0 fully saturated rings. The molecule has 2 heterocycles. The Kier molecular flexibility index (Phi) is 2.41. The van der Waals surface area contributed by atoms with E-state index in [1.54, 1.807) is 34.9 Å². The van der Waals surface area contributed by atoms with E-state index >= 15 is 0 Å². The van der Waals surface area contributed by atoms with Crippen LogP contribution in [0.3, 0.4) is 0 Å². The van der Waals surface area contributed by atoms with E-state index in [1.807, 2.05) is 0 Å². The first kappa shape index (κ1) is 11.0. The predicted molar refractivity (Wildman–Crippen MR) is 67.8 cm³/mol. The number of aromatic nitrogens is 3. The Morgan fingerprint density at radius 3 is 2.78 bits per heavy atom. The number of benzene rings is 1. The summed E-state index contributed by atoms with van der Waals surface area (Å²) in [5, 5.41) is 8.20. The van der Waals surface area contributed by atoms with Gasteiger partial charge in [0.15, 0.2) is 11.5 Å². The number of pyridine rings is 1. The van der Waals surface area contributed by atoms with Crippen LogP contribution in [0.15, 0.2) is 36.5 Å². The molecule has 0 saturated heterocycles. The molecule has 0 radical (unpaired) electrons. The molecular weight excluding hydrogens is 255 g/mol. The number of hydrogen-bond donors (Lipinski definition) is 1. The maximum absolute atomic E-state index is 13.8. The highest BCUT2D eigenvalue weighted by Gasteiger charge is 2.15. The monoisotopic (exact) mass is 262 g/mol. The van der Waals surface area contributed by atoms with Crippen LogP contribution in [0.5, 0.6) is 0 Å². The Hall–Kier alpha value is -2.14. The molecule has 0 atom stereocenters. The molecule has 1 aromatic carbocycles. The molecule has 6 heteroatoms. The van der Waals surface area contributed by atoms with E-state index in [9.17, 15) is 4.39 Å². The van der Waals surface area contributed by atoms with Crippen molar-refractivity contribution in [1.82, 2.24) is 14.6 Å². The van der Waals surface area contributed by atoms with Gasteiger partial charge < -0.3 is 5.73 Å². The molecule has 2 N–H and O–H groups in total. The normalized spacial score (nSPS) is 11.0. The summed E-state index contributed by atoms with van der Waals surface area (Å²) in [6, 6.07) is 7.89. The Morgan fingerprint density at radius 1 is 1.17 bits per heavy atom. The zero-order chi connectivity index (χ0) is 12.7. The van der Waals surface area contributed by atoms with E-state index < -0.39 is 5.82 Å². The molecule has 0 aliphatic heterocycles. The first-order chi connectivity index (χ1) is 8.66. The number of hydrogen-bond acceptors (Lipinski definition) is 3. The van der Waals surface area contributed by atoms with Crippen molar-refractivity contribution in [3.63, 3.8) is 0 Å². The van der Waals surface area contributed by atoms with Crippen molar-refractivity contribution in [2.45, 2.75) is 0 Å². The van der Waals surface area contributed by atoms with Crippen LogP contribution in [0.2, 0.25) is 5.02 Å². The van der Waals surface area contributed by atoms with E-state index in [0.29, 0.717) is 17.2 Å². The third kappa shape index (κ3) is 1.60. The quantitative estimate of drug-likeness (QED) is 0.734. The summed E-state index contributed by atoms with van der Waals surface area (Å²) < 4.78 is 15.5. The van der Waals surface area contributed by atoms with Gasteiger partial charge in [0, 0.05) is 11.9 Å². The number of nitrogens with zero attached hydrogens (tertiary/aromatic N) is 3. The van der Waals surface area contributed by atoms with Crippen LogP contribution in [0, 0.1) is 5.82 Å². The average molecular weight is 263 g/mol. The van der Waals surface area contributed by atoms with Gasteiger partial charge >= 0.3 is 0 Å². The van der Waals surface area contributed by atoms with Crippen molar-refractivity contribution >= 4 is 22.9 Å². The van der Waals surface area contributed by atoms with Crippen LogP contribution in [0.25, 0.3) is 17.0 Å². The zero-order valence-corrected chi connectivity index (χ0v) is 9.89. The van der Waals surface area contributed by atoms with Crippen molar-refractivity contribution in [1.29, 1.82) is 0 Å². The van der Waals surface area contributed by atoms with Crippen LogP contribution in [-0.2, 0) is 0 Å². The third-order valence-corrected chi connectivity index (χ3v) is 2.93. The van der Waals surface area contributed by atoms with Gasteiger partial charge in [0.25, 0.3) is 0 Å². The minimum Gasteiger partial charge on any atom is -0.398 e. The van der Waals surface area contributed by atoms with E-state index in [0.717, 1.165) is 0 Å². The van der Waals surface area contributed by atoms with Crippen LogP contribution in [0.4, 0.5) is 10.1 Å². The lowest BCUT2D eigenvalue weighted by molar-refractivity contribution is 0.630. The second kappa shape index (κ2) is 3.96. The van der Waals surface area contributed by atoms with E-state index in [-0.39, 0.29) is 10.6 Å².